The highest BCUT2D eigenvalue weighted by molar-refractivity contribution is 14.1. The van der Waals surface area contributed by atoms with Crippen molar-refractivity contribution in [3.8, 4) is 0 Å². The Morgan fingerprint density at radius 2 is 1.25 bits per heavy atom. The SMILES string of the molecule is CC(C)(C)C1=CC(I)C=C(C(C)(C)C)C1=O. The minimum atomic E-state index is -0.0642. The molecule has 1 nitrogen and oxygen atoms in total. The lowest BCUT2D eigenvalue weighted by atomic mass is 9.73. The summed E-state index contributed by atoms with van der Waals surface area (Å²) in [7, 11) is 0. The normalized spacial score (nSPS) is 19.6. The first-order valence-corrected chi connectivity index (χ1v) is 6.91. The zero-order chi connectivity index (χ0) is 12.7. The molecule has 0 saturated heterocycles. The summed E-state index contributed by atoms with van der Waals surface area (Å²) in [6.07, 6.45) is 4.19. The lowest BCUT2D eigenvalue weighted by Gasteiger charge is -2.31. The van der Waals surface area contributed by atoms with Crippen LogP contribution in [0.2, 0.25) is 0 Å². The van der Waals surface area contributed by atoms with E-state index in [0.717, 1.165) is 11.1 Å². The fraction of sp³-hybridized carbons (Fsp3) is 0.643. The van der Waals surface area contributed by atoms with E-state index in [1.807, 2.05) is 0 Å². The molecule has 1 rings (SSSR count). The summed E-state index contributed by atoms with van der Waals surface area (Å²) in [4.78, 5) is 12.4. The number of rotatable bonds is 0. The van der Waals surface area contributed by atoms with Gasteiger partial charge in [0.15, 0.2) is 5.78 Å². The topological polar surface area (TPSA) is 17.1 Å². The fourth-order valence-corrected chi connectivity index (χ4v) is 2.56. The number of allylic oxidation sites excluding steroid dienone is 4. The Hall–Kier alpha value is -0.120. The van der Waals surface area contributed by atoms with Gasteiger partial charge in [0, 0.05) is 15.1 Å². The largest absolute Gasteiger partial charge is 0.289 e. The quantitative estimate of drug-likeness (QED) is 0.477. The van der Waals surface area contributed by atoms with Crippen LogP contribution in [0.4, 0.5) is 0 Å². The third-order valence-corrected chi connectivity index (χ3v) is 3.48. The molecule has 0 bridgehead atoms. The Morgan fingerprint density at radius 1 is 0.938 bits per heavy atom. The van der Waals surface area contributed by atoms with E-state index >= 15 is 0 Å². The highest BCUT2D eigenvalue weighted by Gasteiger charge is 2.34. The van der Waals surface area contributed by atoms with Crippen LogP contribution < -0.4 is 0 Å². The van der Waals surface area contributed by atoms with E-state index in [1.54, 1.807) is 0 Å². The molecule has 1 aliphatic rings. The van der Waals surface area contributed by atoms with Gasteiger partial charge < -0.3 is 0 Å². The predicted octanol–water partition coefficient (Wildman–Crippen LogP) is 4.32. The van der Waals surface area contributed by atoms with Gasteiger partial charge in [0.25, 0.3) is 0 Å². The van der Waals surface area contributed by atoms with Crippen LogP contribution in [0.15, 0.2) is 23.3 Å². The monoisotopic (exact) mass is 332 g/mol. The zero-order valence-electron chi connectivity index (χ0n) is 11.0. The summed E-state index contributed by atoms with van der Waals surface area (Å²) in [6.45, 7) is 12.6. The fourth-order valence-electron chi connectivity index (χ4n) is 1.84. The van der Waals surface area contributed by atoms with Gasteiger partial charge in [0.2, 0.25) is 0 Å². The lowest BCUT2D eigenvalue weighted by Crippen LogP contribution is -2.29. The number of carbonyl (C=O) groups excluding carboxylic acids is 1. The molecule has 0 radical (unpaired) electrons. The molecule has 0 aliphatic heterocycles. The molecule has 0 fully saturated rings. The van der Waals surface area contributed by atoms with Crippen LogP contribution in [-0.2, 0) is 4.79 Å². The van der Waals surface area contributed by atoms with Crippen LogP contribution in [0.3, 0.4) is 0 Å². The minimum Gasteiger partial charge on any atom is -0.289 e. The molecule has 0 aromatic rings. The van der Waals surface area contributed by atoms with Gasteiger partial charge in [-0.15, -0.1) is 0 Å². The standard InChI is InChI=1S/C14H21IO/c1-13(2,3)10-7-9(15)8-11(12(10)16)14(4,5)6/h7-9H,1-6H3. The predicted molar refractivity (Wildman–Crippen MR) is 77.9 cm³/mol. The van der Waals surface area contributed by atoms with Crippen molar-refractivity contribution in [2.24, 2.45) is 10.8 Å². The van der Waals surface area contributed by atoms with E-state index in [-0.39, 0.29) is 16.6 Å². The highest BCUT2D eigenvalue weighted by atomic mass is 127. The molecular formula is C14H21IO. The molecular weight excluding hydrogens is 311 g/mol. The average molecular weight is 332 g/mol. The van der Waals surface area contributed by atoms with Crippen LogP contribution in [0.25, 0.3) is 0 Å². The number of ketones is 1. The smallest absolute Gasteiger partial charge is 0.185 e. The van der Waals surface area contributed by atoms with Crippen molar-refractivity contribution >= 4 is 28.4 Å². The first-order chi connectivity index (χ1) is 7.03. The minimum absolute atomic E-state index is 0.0642. The van der Waals surface area contributed by atoms with E-state index in [2.05, 4.69) is 76.3 Å². The average Bonchev–Trinajstić information content (AvgIpc) is 2.04. The Kier molecular flexibility index (Phi) is 3.73. The maximum Gasteiger partial charge on any atom is 0.185 e. The van der Waals surface area contributed by atoms with Crippen molar-refractivity contribution in [2.75, 3.05) is 0 Å². The number of halogens is 1. The van der Waals surface area contributed by atoms with Crippen molar-refractivity contribution in [1.29, 1.82) is 0 Å². The summed E-state index contributed by atoms with van der Waals surface area (Å²) in [5.74, 6) is 0.230. The summed E-state index contributed by atoms with van der Waals surface area (Å²) in [6, 6.07) is 0. The third kappa shape index (κ3) is 2.96. The molecule has 90 valence electrons. The summed E-state index contributed by atoms with van der Waals surface area (Å²) >= 11 is 2.37. The van der Waals surface area contributed by atoms with Crippen LogP contribution >= 0.6 is 22.6 Å². The summed E-state index contributed by atoms with van der Waals surface area (Å²) < 4.78 is 0.332. The van der Waals surface area contributed by atoms with Gasteiger partial charge in [-0.3, -0.25) is 4.79 Å². The van der Waals surface area contributed by atoms with Gasteiger partial charge in [-0.05, 0) is 10.8 Å². The van der Waals surface area contributed by atoms with Gasteiger partial charge in [-0.25, -0.2) is 0 Å². The second kappa shape index (κ2) is 4.28. The van der Waals surface area contributed by atoms with Crippen molar-refractivity contribution in [3.63, 3.8) is 0 Å². The van der Waals surface area contributed by atoms with Gasteiger partial charge in [0.1, 0.15) is 0 Å². The first kappa shape index (κ1) is 13.9. The van der Waals surface area contributed by atoms with Crippen LogP contribution in [0.5, 0.6) is 0 Å². The van der Waals surface area contributed by atoms with Crippen molar-refractivity contribution in [2.45, 2.75) is 45.5 Å². The number of Topliss-reactive ketones (excluding diaryl/α,β-unsaturated/α-hetero) is 1. The van der Waals surface area contributed by atoms with Crippen LogP contribution in [0.1, 0.15) is 41.5 Å². The second-order valence-corrected chi connectivity index (χ2v) is 7.87. The van der Waals surface area contributed by atoms with E-state index in [0.29, 0.717) is 3.92 Å². The summed E-state index contributed by atoms with van der Waals surface area (Å²) in [5, 5.41) is 0. The molecule has 0 heterocycles. The second-order valence-electron chi connectivity index (χ2n) is 6.43. The van der Waals surface area contributed by atoms with Gasteiger partial charge >= 0.3 is 0 Å². The Bertz CT molecular complexity index is 327. The maximum atomic E-state index is 12.4. The number of hydrogen-bond acceptors (Lipinski definition) is 1. The van der Waals surface area contributed by atoms with Crippen LogP contribution in [0, 0.1) is 10.8 Å². The Morgan fingerprint density at radius 3 is 1.50 bits per heavy atom. The molecule has 0 atom stereocenters. The Labute approximate surface area is 113 Å². The maximum absolute atomic E-state index is 12.4. The van der Waals surface area contributed by atoms with Crippen molar-refractivity contribution < 1.29 is 4.79 Å². The Balaban J connectivity index is 3.18. The zero-order valence-corrected chi connectivity index (χ0v) is 13.2. The van der Waals surface area contributed by atoms with Crippen molar-refractivity contribution in [3.05, 3.63) is 23.3 Å². The third-order valence-electron chi connectivity index (χ3n) is 2.76. The number of alkyl halides is 1. The van der Waals surface area contributed by atoms with Crippen LogP contribution in [-0.4, -0.2) is 9.71 Å². The molecule has 16 heavy (non-hydrogen) atoms. The van der Waals surface area contributed by atoms with E-state index in [4.69, 9.17) is 0 Å². The van der Waals surface area contributed by atoms with Gasteiger partial charge in [0.05, 0.1) is 0 Å². The van der Waals surface area contributed by atoms with E-state index in [1.165, 1.54) is 0 Å². The highest BCUT2D eigenvalue weighted by Crippen LogP contribution is 2.38. The lowest BCUT2D eigenvalue weighted by molar-refractivity contribution is -0.114. The molecule has 2 heteroatoms. The first-order valence-electron chi connectivity index (χ1n) is 5.67. The molecule has 0 amide bonds. The molecule has 0 aromatic heterocycles. The van der Waals surface area contributed by atoms with Crippen molar-refractivity contribution in [1.82, 2.24) is 0 Å². The summed E-state index contributed by atoms with van der Waals surface area (Å²) in [5.41, 5.74) is 1.79. The molecule has 0 aromatic carbocycles. The van der Waals surface area contributed by atoms with E-state index in [9.17, 15) is 4.79 Å². The number of carbonyl (C=O) groups is 1. The molecule has 0 saturated carbocycles. The molecule has 0 N–H and O–H groups in total. The van der Waals surface area contributed by atoms with E-state index < -0.39 is 0 Å². The molecule has 0 spiro atoms. The number of hydrogen-bond donors (Lipinski definition) is 0. The van der Waals surface area contributed by atoms with Gasteiger partial charge in [-0.2, -0.15) is 0 Å². The molecule has 0 unspecified atom stereocenters. The molecule has 1 aliphatic carbocycles. The van der Waals surface area contributed by atoms with Gasteiger partial charge in [-0.1, -0.05) is 76.3 Å².